The standard InChI is InChI=1S/C23H22F2N6O4/c1-29-19(2-4-27-29)13-8-16(24)14(17(25)9-13)10-30-11-15(21-26-5-6-31(21)23(30)34)22(33)28-18-3-7-35-12-20(18)32/h2,4-6,8-9,11,18,20,32H,3,7,10,12H2,1H3,(H,28,33)/t18-,20-/m0/s1. The number of fused-ring (bicyclic) bond motifs is 1. The molecule has 1 amide bonds. The summed E-state index contributed by atoms with van der Waals surface area (Å²) >= 11 is 0. The second kappa shape index (κ2) is 9.04. The van der Waals surface area contributed by atoms with Crippen molar-refractivity contribution in [2.45, 2.75) is 25.1 Å². The number of aryl methyl sites for hydroxylation is 1. The molecule has 2 atom stereocenters. The van der Waals surface area contributed by atoms with E-state index in [1.807, 2.05) is 0 Å². The summed E-state index contributed by atoms with van der Waals surface area (Å²) in [6.07, 6.45) is 4.99. The third-order valence-corrected chi connectivity index (χ3v) is 6.09. The van der Waals surface area contributed by atoms with Crippen LogP contribution in [0.15, 0.2) is 47.8 Å². The monoisotopic (exact) mass is 484 g/mol. The largest absolute Gasteiger partial charge is 0.389 e. The van der Waals surface area contributed by atoms with Gasteiger partial charge in [-0.15, -0.1) is 0 Å². The number of hydrogen-bond acceptors (Lipinski definition) is 6. The van der Waals surface area contributed by atoms with Crippen LogP contribution in [0.1, 0.15) is 22.3 Å². The number of halogens is 2. The maximum Gasteiger partial charge on any atom is 0.334 e. The lowest BCUT2D eigenvalue weighted by Crippen LogP contribution is -2.49. The first kappa shape index (κ1) is 22.9. The topological polar surface area (TPSA) is 116 Å². The Bertz CT molecular complexity index is 1450. The van der Waals surface area contributed by atoms with E-state index in [1.54, 1.807) is 13.1 Å². The summed E-state index contributed by atoms with van der Waals surface area (Å²) in [6.45, 7) is 0.0285. The fraction of sp³-hybridized carbons (Fsp3) is 0.304. The molecule has 12 heteroatoms. The first-order valence-corrected chi connectivity index (χ1v) is 10.9. The molecule has 3 aromatic heterocycles. The predicted octanol–water partition coefficient (Wildman–Crippen LogP) is 1.10. The van der Waals surface area contributed by atoms with Gasteiger partial charge in [0.1, 0.15) is 11.6 Å². The Hall–Kier alpha value is -3.90. The molecule has 1 saturated heterocycles. The molecule has 10 nitrogen and oxygen atoms in total. The van der Waals surface area contributed by atoms with Crippen LogP contribution in [0.2, 0.25) is 0 Å². The number of ether oxygens (including phenoxy) is 1. The first-order chi connectivity index (χ1) is 16.8. The van der Waals surface area contributed by atoms with Crippen molar-refractivity contribution in [2.24, 2.45) is 7.05 Å². The summed E-state index contributed by atoms with van der Waals surface area (Å²) in [5.74, 6) is -2.25. The van der Waals surface area contributed by atoms with Gasteiger partial charge in [-0.05, 0) is 24.6 Å². The number of rotatable bonds is 5. The van der Waals surface area contributed by atoms with E-state index in [4.69, 9.17) is 4.74 Å². The van der Waals surface area contributed by atoms with Gasteiger partial charge in [-0.25, -0.2) is 18.6 Å². The SMILES string of the molecule is Cn1nccc1-c1cc(F)c(Cn2cc(C(=O)N[C@H]3CCOC[C@@H]3O)c3nccn3c2=O)c(F)c1. The second-order valence-electron chi connectivity index (χ2n) is 8.34. The Morgan fingerprint density at radius 2 is 2.06 bits per heavy atom. The van der Waals surface area contributed by atoms with E-state index in [1.165, 1.54) is 41.6 Å². The highest BCUT2D eigenvalue weighted by atomic mass is 19.1. The van der Waals surface area contributed by atoms with Crippen molar-refractivity contribution >= 4 is 11.6 Å². The highest BCUT2D eigenvalue weighted by Crippen LogP contribution is 2.24. The molecule has 4 aromatic rings. The molecule has 35 heavy (non-hydrogen) atoms. The van der Waals surface area contributed by atoms with Gasteiger partial charge in [0.15, 0.2) is 5.65 Å². The number of nitrogens with zero attached hydrogens (tertiary/aromatic N) is 5. The van der Waals surface area contributed by atoms with E-state index < -0.39 is 41.9 Å². The Labute approximate surface area is 197 Å². The van der Waals surface area contributed by atoms with Gasteiger partial charge in [0.05, 0.1) is 36.6 Å². The first-order valence-electron chi connectivity index (χ1n) is 10.9. The molecule has 0 spiro atoms. The van der Waals surface area contributed by atoms with Crippen molar-refractivity contribution in [3.63, 3.8) is 0 Å². The van der Waals surface area contributed by atoms with Crippen molar-refractivity contribution in [1.29, 1.82) is 0 Å². The molecular formula is C23H22F2N6O4. The molecule has 2 N–H and O–H groups in total. The van der Waals surface area contributed by atoms with Gasteiger partial charge in [-0.1, -0.05) is 0 Å². The Morgan fingerprint density at radius 1 is 1.29 bits per heavy atom. The average molecular weight is 484 g/mol. The lowest BCUT2D eigenvalue weighted by atomic mass is 10.1. The van der Waals surface area contributed by atoms with Crippen molar-refractivity contribution in [3.05, 3.63) is 76.2 Å². The Kier molecular flexibility index (Phi) is 5.91. The molecule has 0 saturated carbocycles. The highest BCUT2D eigenvalue weighted by Gasteiger charge is 2.27. The molecule has 4 heterocycles. The van der Waals surface area contributed by atoms with Crippen molar-refractivity contribution < 1.29 is 23.4 Å². The molecule has 1 fully saturated rings. The zero-order valence-corrected chi connectivity index (χ0v) is 18.7. The number of amides is 1. The Balaban J connectivity index is 1.51. The van der Waals surface area contributed by atoms with E-state index in [0.717, 1.165) is 8.97 Å². The number of imidazole rings is 1. The third kappa shape index (κ3) is 4.21. The summed E-state index contributed by atoms with van der Waals surface area (Å²) in [4.78, 5) is 30.1. The maximum absolute atomic E-state index is 15.0. The van der Waals surface area contributed by atoms with Crippen LogP contribution in [0.5, 0.6) is 0 Å². The maximum atomic E-state index is 15.0. The quantitative estimate of drug-likeness (QED) is 0.439. The van der Waals surface area contributed by atoms with Gasteiger partial charge in [0, 0.05) is 49.6 Å². The number of carbonyl (C=O) groups is 1. The van der Waals surface area contributed by atoms with Gasteiger partial charge < -0.3 is 15.2 Å². The van der Waals surface area contributed by atoms with Gasteiger partial charge in [0.25, 0.3) is 5.91 Å². The van der Waals surface area contributed by atoms with Crippen LogP contribution in [0.4, 0.5) is 8.78 Å². The average Bonchev–Trinajstić information content (AvgIpc) is 3.48. The number of aliphatic hydroxyl groups is 1. The van der Waals surface area contributed by atoms with Crippen LogP contribution in [0.25, 0.3) is 16.9 Å². The van der Waals surface area contributed by atoms with Gasteiger partial charge >= 0.3 is 5.69 Å². The molecule has 1 aliphatic rings. The molecule has 0 unspecified atom stereocenters. The second-order valence-corrected chi connectivity index (χ2v) is 8.34. The molecule has 0 bridgehead atoms. The van der Waals surface area contributed by atoms with Gasteiger partial charge in [-0.2, -0.15) is 5.10 Å². The van der Waals surface area contributed by atoms with E-state index in [-0.39, 0.29) is 23.4 Å². The summed E-state index contributed by atoms with van der Waals surface area (Å²) in [5.41, 5.74) is 0.00798. The lowest BCUT2D eigenvalue weighted by molar-refractivity contribution is -0.0260. The minimum Gasteiger partial charge on any atom is -0.389 e. The van der Waals surface area contributed by atoms with Gasteiger partial charge in [0.2, 0.25) is 0 Å². The van der Waals surface area contributed by atoms with Crippen LogP contribution in [0, 0.1) is 11.6 Å². The molecular weight excluding hydrogens is 462 g/mol. The van der Waals surface area contributed by atoms with Gasteiger partial charge in [-0.3, -0.25) is 18.4 Å². The van der Waals surface area contributed by atoms with Crippen LogP contribution in [0.3, 0.4) is 0 Å². The fourth-order valence-corrected chi connectivity index (χ4v) is 4.20. The third-order valence-electron chi connectivity index (χ3n) is 6.09. The molecule has 0 aliphatic carbocycles. The lowest BCUT2D eigenvalue weighted by Gasteiger charge is -2.28. The summed E-state index contributed by atoms with van der Waals surface area (Å²) in [5, 5.41) is 16.8. The fourth-order valence-electron chi connectivity index (χ4n) is 4.20. The van der Waals surface area contributed by atoms with Crippen LogP contribution >= 0.6 is 0 Å². The summed E-state index contributed by atoms with van der Waals surface area (Å²) in [7, 11) is 1.66. The van der Waals surface area contributed by atoms with E-state index in [9.17, 15) is 23.5 Å². The Morgan fingerprint density at radius 3 is 2.74 bits per heavy atom. The molecule has 182 valence electrons. The van der Waals surface area contributed by atoms with E-state index in [0.29, 0.717) is 24.3 Å². The van der Waals surface area contributed by atoms with Crippen molar-refractivity contribution in [2.75, 3.05) is 13.2 Å². The van der Waals surface area contributed by atoms with Crippen LogP contribution in [-0.4, -0.2) is 60.1 Å². The number of nitrogens with one attached hydrogen (secondary N) is 1. The zero-order valence-electron chi connectivity index (χ0n) is 18.7. The smallest absolute Gasteiger partial charge is 0.334 e. The zero-order chi connectivity index (χ0) is 24.7. The van der Waals surface area contributed by atoms with E-state index >= 15 is 0 Å². The molecule has 5 rings (SSSR count). The number of carbonyl (C=O) groups excluding carboxylic acids is 1. The highest BCUT2D eigenvalue weighted by molar-refractivity contribution is 5.99. The predicted molar refractivity (Wildman–Crippen MR) is 120 cm³/mol. The van der Waals surface area contributed by atoms with E-state index in [2.05, 4.69) is 15.4 Å². The van der Waals surface area contributed by atoms with Crippen molar-refractivity contribution in [1.82, 2.24) is 29.0 Å². The van der Waals surface area contributed by atoms with Crippen LogP contribution < -0.4 is 11.0 Å². The summed E-state index contributed by atoms with van der Waals surface area (Å²) < 4.78 is 38.8. The minimum atomic E-state index is -0.879. The molecule has 0 radical (unpaired) electrons. The minimum absolute atomic E-state index is 0.0283. The van der Waals surface area contributed by atoms with Crippen molar-refractivity contribution in [3.8, 4) is 11.3 Å². The molecule has 1 aromatic carbocycles. The summed E-state index contributed by atoms with van der Waals surface area (Å²) in [6, 6.07) is 3.44. The normalized spacial score (nSPS) is 18.2. The molecule has 1 aliphatic heterocycles. The van der Waals surface area contributed by atoms with Crippen LogP contribution in [-0.2, 0) is 18.3 Å². The number of hydrogen-bond donors (Lipinski definition) is 2. The number of aliphatic hydroxyl groups excluding tert-OH is 1. The number of aromatic nitrogens is 5. The number of benzene rings is 1.